The predicted molar refractivity (Wildman–Crippen MR) is 154 cm³/mol. The van der Waals surface area contributed by atoms with Crippen molar-refractivity contribution >= 4 is 14.3 Å². The van der Waals surface area contributed by atoms with E-state index >= 15 is 0 Å². The highest BCUT2D eigenvalue weighted by molar-refractivity contribution is 6.74. The number of pyridine rings is 1. The first-order valence-corrected chi connectivity index (χ1v) is 16.7. The molecule has 6 heteroatoms. The van der Waals surface area contributed by atoms with Gasteiger partial charge in [-0.15, -0.1) is 0 Å². The maximum atomic E-state index is 12.6. The van der Waals surface area contributed by atoms with Crippen LogP contribution in [0.5, 0.6) is 0 Å². The van der Waals surface area contributed by atoms with Gasteiger partial charge in [0.05, 0.1) is 12.2 Å². The van der Waals surface area contributed by atoms with Gasteiger partial charge in [-0.05, 0) is 71.6 Å². The Labute approximate surface area is 225 Å². The third-order valence-corrected chi connectivity index (χ3v) is 12.0. The summed E-state index contributed by atoms with van der Waals surface area (Å²) >= 11 is 0. The number of carbonyl (C=O) groups excluding carboxylic acids is 1. The minimum atomic E-state index is -2.01. The standard InChI is InChI=1S/C31H48FNO3Si/c1-11-12-13-14-25-27(23-15-17-24(18-16-23)30(34)35-20-32)26(19-36-37(9,10)31(6,7)8)29(22(4)5)33-28(25)21(2)3/h15-18,21-22H,11-14,19-20H2,1-10H3. The van der Waals surface area contributed by atoms with E-state index in [2.05, 4.69) is 73.2 Å². The van der Waals surface area contributed by atoms with E-state index < -0.39 is 21.1 Å². The van der Waals surface area contributed by atoms with Crippen molar-refractivity contribution in [1.29, 1.82) is 0 Å². The molecular formula is C31H48FNO3Si. The van der Waals surface area contributed by atoms with Crippen molar-refractivity contribution in [2.75, 3.05) is 6.86 Å². The zero-order valence-corrected chi connectivity index (χ0v) is 25.8. The Bertz CT molecular complexity index is 1040. The molecule has 206 valence electrons. The summed E-state index contributed by atoms with van der Waals surface area (Å²) in [5.74, 6) is -0.140. The van der Waals surface area contributed by atoms with Gasteiger partial charge in [0.2, 0.25) is 6.86 Å². The van der Waals surface area contributed by atoms with Gasteiger partial charge in [-0.2, -0.15) is 0 Å². The van der Waals surface area contributed by atoms with Gasteiger partial charge < -0.3 is 9.16 Å². The number of hydrogen-bond acceptors (Lipinski definition) is 4. The molecule has 1 aromatic heterocycles. The van der Waals surface area contributed by atoms with Crippen LogP contribution in [0.1, 0.15) is 119 Å². The lowest BCUT2D eigenvalue weighted by molar-refractivity contribution is 0.0324. The minimum Gasteiger partial charge on any atom is -0.430 e. The molecule has 2 rings (SSSR count). The van der Waals surface area contributed by atoms with Crippen molar-refractivity contribution < 1.29 is 18.3 Å². The summed E-state index contributed by atoms with van der Waals surface area (Å²) in [5, 5.41) is 0.0961. The van der Waals surface area contributed by atoms with E-state index in [4.69, 9.17) is 9.41 Å². The van der Waals surface area contributed by atoms with Gasteiger partial charge in [-0.25, -0.2) is 9.18 Å². The lowest BCUT2D eigenvalue weighted by atomic mass is 9.85. The fraction of sp³-hybridized carbons (Fsp3) is 0.613. The van der Waals surface area contributed by atoms with Gasteiger partial charge in [-0.3, -0.25) is 4.98 Å². The summed E-state index contributed by atoms with van der Waals surface area (Å²) < 4.78 is 23.9. The summed E-state index contributed by atoms with van der Waals surface area (Å²) in [6.45, 7) is 21.8. The maximum Gasteiger partial charge on any atom is 0.340 e. The molecule has 0 fully saturated rings. The van der Waals surface area contributed by atoms with E-state index in [1.165, 1.54) is 11.1 Å². The number of rotatable bonds is 12. The minimum absolute atomic E-state index is 0.0961. The maximum absolute atomic E-state index is 12.6. The number of esters is 1. The molecule has 0 aliphatic rings. The highest BCUT2D eigenvalue weighted by atomic mass is 28.4. The highest BCUT2D eigenvalue weighted by Gasteiger charge is 2.38. The molecule has 0 N–H and O–H groups in total. The normalized spacial score (nSPS) is 12.5. The fourth-order valence-electron chi connectivity index (χ4n) is 4.33. The van der Waals surface area contributed by atoms with E-state index in [9.17, 15) is 9.18 Å². The number of halogens is 1. The first-order chi connectivity index (χ1) is 17.2. The fourth-order valence-corrected chi connectivity index (χ4v) is 5.27. The number of aromatic nitrogens is 1. The van der Waals surface area contributed by atoms with Crippen LogP contribution in [0.25, 0.3) is 11.1 Å². The SMILES string of the molecule is CCCCCc1c(C(C)C)nc(C(C)C)c(CO[Si](C)(C)C(C)(C)C)c1-c1ccc(C(=O)OCF)cc1. The summed E-state index contributed by atoms with van der Waals surface area (Å²) in [5.41, 5.74) is 7.21. The lowest BCUT2D eigenvalue weighted by Gasteiger charge is -2.37. The number of alkyl halides is 1. The molecule has 1 aromatic carbocycles. The van der Waals surface area contributed by atoms with Crippen molar-refractivity contribution in [3.05, 3.63) is 52.3 Å². The van der Waals surface area contributed by atoms with E-state index in [1.54, 1.807) is 12.1 Å². The van der Waals surface area contributed by atoms with Crippen molar-refractivity contribution in [3.63, 3.8) is 0 Å². The van der Waals surface area contributed by atoms with Crippen molar-refractivity contribution in [1.82, 2.24) is 4.98 Å². The van der Waals surface area contributed by atoms with Crippen LogP contribution < -0.4 is 0 Å². The lowest BCUT2D eigenvalue weighted by Crippen LogP contribution is -2.40. The molecular weight excluding hydrogens is 481 g/mol. The molecule has 4 nitrogen and oxygen atoms in total. The van der Waals surface area contributed by atoms with Gasteiger partial charge in [0.15, 0.2) is 8.32 Å². The van der Waals surface area contributed by atoms with Gasteiger partial charge in [0, 0.05) is 17.0 Å². The van der Waals surface area contributed by atoms with Gasteiger partial charge in [-0.1, -0.05) is 80.4 Å². The van der Waals surface area contributed by atoms with E-state index in [0.29, 0.717) is 12.2 Å². The van der Waals surface area contributed by atoms with Gasteiger partial charge >= 0.3 is 5.97 Å². The molecule has 0 amide bonds. The molecule has 0 bridgehead atoms. The van der Waals surface area contributed by atoms with Crippen LogP contribution in [0.2, 0.25) is 18.1 Å². The summed E-state index contributed by atoms with van der Waals surface area (Å²) in [4.78, 5) is 17.4. The van der Waals surface area contributed by atoms with Crippen LogP contribution in [0.15, 0.2) is 24.3 Å². The van der Waals surface area contributed by atoms with Crippen LogP contribution in [0.4, 0.5) is 4.39 Å². The number of ether oxygens (including phenoxy) is 1. The van der Waals surface area contributed by atoms with Crippen molar-refractivity contribution in [2.45, 2.75) is 118 Å². The van der Waals surface area contributed by atoms with Crippen LogP contribution >= 0.6 is 0 Å². The van der Waals surface area contributed by atoms with Crippen molar-refractivity contribution in [3.8, 4) is 11.1 Å². The first kappa shape index (κ1) is 31.2. The van der Waals surface area contributed by atoms with Crippen LogP contribution in [-0.4, -0.2) is 26.1 Å². The van der Waals surface area contributed by atoms with Crippen LogP contribution in [-0.2, 0) is 22.2 Å². The number of hydrogen-bond donors (Lipinski definition) is 0. The van der Waals surface area contributed by atoms with Gasteiger partial charge in [0.1, 0.15) is 0 Å². The smallest absolute Gasteiger partial charge is 0.340 e. The van der Waals surface area contributed by atoms with E-state index in [1.807, 2.05) is 12.1 Å². The second kappa shape index (κ2) is 13.1. The molecule has 0 aliphatic heterocycles. The molecule has 0 spiro atoms. The van der Waals surface area contributed by atoms with Crippen molar-refractivity contribution in [2.24, 2.45) is 0 Å². The number of carbonyl (C=O) groups is 1. The topological polar surface area (TPSA) is 48.4 Å². The summed E-state index contributed by atoms with van der Waals surface area (Å²) in [7, 11) is -2.01. The summed E-state index contributed by atoms with van der Waals surface area (Å²) in [6, 6.07) is 7.37. The Morgan fingerprint density at radius 1 is 0.973 bits per heavy atom. The Balaban J connectivity index is 2.80. The molecule has 37 heavy (non-hydrogen) atoms. The number of unbranched alkanes of at least 4 members (excludes halogenated alkanes) is 2. The van der Waals surface area contributed by atoms with E-state index in [-0.39, 0.29) is 16.9 Å². The molecule has 0 saturated carbocycles. The van der Waals surface area contributed by atoms with Crippen LogP contribution in [0, 0.1) is 0 Å². The molecule has 0 atom stereocenters. The Morgan fingerprint density at radius 3 is 2.03 bits per heavy atom. The first-order valence-electron chi connectivity index (χ1n) is 13.8. The second-order valence-electron chi connectivity index (χ2n) is 12.1. The number of nitrogens with zero attached hydrogens (tertiary/aromatic N) is 1. The zero-order chi connectivity index (χ0) is 28.0. The second-order valence-corrected chi connectivity index (χ2v) is 17.0. The third kappa shape index (κ3) is 7.73. The zero-order valence-electron chi connectivity index (χ0n) is 24.8. The molecule has 0 radical (unpaired) electrons. The average molecular weight is 530 g/mol. The quantitative estimate of drug-likeness (QED) is 0.156. The largest absolute Gasteiger partial charge is 0.430 e. The number of benzene rings is 1. The highest BCUT2D eigenvalue weighted by Crippen LogP contribution is 2.41. The Kier molecular flexibility index (Phi) is 11.1. The monoisotopic (exact) mass is 529 g/mol. The molecule has 1 heterocycles. The predicted octanol–water partition coefficient (Wildman–Crippen LogP) is 9.33. The Morgan fingerprint density at radius 2 is 1.54 bits per heavy atom. The Hall–Kier alpha value is -2.05. The average Bonchev–Trinajstić information content (AvgIpc) is 2.81. The van der Waals surface area contributed by atoms with Crippen LogP contribution in [0.3, 0.4) is 0 Å². The molecule has 0 unspecified atom stereocenters. The van der Waals surface area contributed by atoms with E-state index in [0.717, 1.165) is 48.2 Å². The molecule has 0 aliphatic carbocycles. The summed E-state index contributed by atoms with van der Waals surface area (Å²) in [6.07, 6.45) is 4.35. The molecule has 0 saturated heterocycles. The molecule has 2 aromatic rings. The van der Waals surface area contributed by atoms with Gasteiger partial charge in [0.25, 0.3) is 0 Å². The third-order valence-electron chi connectivity index (χ3n) is 7.57.